The van der Waals surface area contributed by atoms with Crippen LogP contribution in [0, 0.1) is 0 Å². The van der Waals surface area contributed by atoms with Crippen LogP contribution in [0.5, 0.6) is 0 Å². The molecule has 3 N–H and O–H groups in total. The maximum Gasteiger partial charge on any atom is 0.107 e. The molecule has 0 aliphatic rings. The van der Waals surface area contributed by atoms with Crippen molar-refractivity contribution >= 4 is 11.0 Å². The highest BCUT2D eigenvalue weighted by molar-refractivity contribution is 5.76. The summed E-state index contributed by atoms with van der Waals surface area (Å²) in [5.41, 5.74) is 9.03. The number of hydrogen-bond donors (Lipinski definition) is 2. The lowest BCUT2D eigenvalue weighted by Crippen LogP contribution is -2.01. The highest BCUT2D eigenvalue weighted by Gasteiger charge is 2.05. The molecule has 3 nitrogen and oxygen atoms in total. The predicted molar refractivity (Wildman–Crippen MR) is 67.6 cm³/mol. The van der Waals surface area contributed by atoms with Gasteiger partial charge in [0.15, 0.2) is 0 Å². The van der Waals surface area contributed by atoms with Gasteiger partial charge >= 0.3 is 0 Å². The zero-order valence-corrected chi connectivity index (χ0v) is 9.96. The van der Waals surface area contributed by atoms with E-state index >= 15 is 0 Å². The molecule has 1 heterocycles. The van der Waals surface area contributed by atoms with E-state index in [9.17, 15) is 0 Å². The Morgan fingerprint density at radius 1 is 1.38 bits per heavy atom. The Bertz CT molecular complexity index is 471. The summed E-state index contributed by atoms with van der Waals surface area (Å²) in [6.45, 7) is 5.12. The van der Waals surface area contributed by atoms with E-state index < -0.39 is 0 Å². The third-order valence-electron chi connectivity index (χ3n) is 2.84. The van der Waals surface area contributed by atoms with Gasteiger partial charge in [-0.1, -0.05) is 19.9 Å². The van der Waals surface area contributed by atoms with Crippen LogP contribution in [-0.4, -0.2) is 16.5 Å². The van der Waals surface area contributed by atoms with E-state index in [0.717, 1.165) is 29.7 Å². The van der Waals surface area contributed by atoms with E-state index in [1.54, 1.807) is 0 Å². The molecule has 0 radical (unpaired) electrons. The lowest BCUT2D eigenvalue weighted by molar-refractivity contribution is 0.796. The fourth-order valence-electron chi connectivity index (χ4n) is 1.83. The van der Waals surface area contributed by atoms with Crippen LogP contribution in [-0.2, 0) is 6.42 Å². The summed E-state index contributed by atoms with van der Waals surface area (Å²) in [7, 11) is 0. The maximum atomic E-state index is 5.49. The van der Waals surface area contributed by atoms with Crippen molar-refractivity contribution in [2.24, 2.45) is 5.73 Å². The normalized spacial score (nSPS) is 11.5. The monoisotopic (exact) mass is 217 g/mol. The van der Waals surface area contributed by atoms with Crippen molar-refractivity contribution in [2.75, 3.05) is 6.54 Å². The highest BCUT2D eigenvalue weighted by Crippen LogP contribution is 2.20. The molecule has 0 spiro atoms. The molecule has 2 rings (SSSR count). The Hall–Kier alpha value is -1.35. The first-order chi connectivity index (χ1) is 7.70. The van der Waals surface area contributed by atoms with Gasteiger partial charge in [0.25, 0.3) is 0 Å². The first-order valence-electron chi connectivity index (χ1n) is 5.89. The number of hydrogen-bond acceptors (Lipinski definition) is 2. The van der Waals surface area contributed by atoms with E-state index in [1.165, 1.54) is 5.56 Å². The molecule has 86 valence electrons. The number of imidazole rings is 1. The minimum atomic E-state index is 0.556. The number of aromatic amines is 1. The second-order valence-corrected chi connectivity index (χ2v) is 4.51. The highest BCUT2D eigenvalue weighted by atomic mass is 14.9. The van der Waals surface area contributed by atoms with Gasteiger partial charge in [-0.05, 0) is 36.6 Å². The van der Waals surface area contributed by atoms with Crippen LogP contribution in [0.1, 0.15) is 37.6 Å². The zero-order valence-electron chi connectivity index (χ0n) is 9.96. The van der Waals surface area contributed by atoms with E-state index in [4.69, 9.17) is 5.73 Å². The van der Waals surface area contributed by atoms with E-state index in [1.807, 2.05) is 0 Å². The smallest absolute Gasteiger partial charge is 0.107 e. The number of nitrogens with one attached hydrogen (secondary N) is 1. The molecule has 0 bridgehead atoms. The minimum absolute atomic E-state index is 0.556. The molecule has 0 atom stereocenters. The Kier molecular flexibility index (Phi) is 3.25. The van der Waals surface area contributed by atoms with E-state index in [0.29, 0.717) is 12.5 Å². The molecular formula is C13H19N3. The van der Waals surface area contributed by atoms with Gasteiger partial charge in [-0.3, -0.25) is 0 Å². The van der Waals surface area contributed by atoms with Crippen molar-refractivity contribution in [3.63, 3.8) is 0 Å². The van der Waals surface area contributed by atoms with E-state index in [2.05, 4.69) is 42.0 Å². The summed E-state index contributed by atoms with van der Waals surface area (Å²) < 4.78 is 0. The lowest BCUT2D eigenvalue weighted by Gasteiger charge is -2.03. The van der Waals surface area contributed by atoms with Gasteiger partial charge in [-0.25, -0.2) is 4.98 Å². The molecule has 0 fully saturated rings. The van der Waals surface area contributed by atoms with Gasteiger partial charge in [0.05, 0.1) is 11.0 Å². The number of aryl methyl sites for hydroxylation is 1. The van der Waals surface area contributed by atoms with Gasteiger partial charge in [0.2, 0.25) is 0 Å². The first-order valence-corrected chi connectivity index (χ1v) is 5.89. The summed E-state index contributed by atoms with van der Waals surface area (Å²) in [4.78, 5) is 7.90. The molecule has 3 heteroatoms. The zero-order chi connectivity index (χ0) is 11.5. The lowest BCUT2D eigenvalue weighted by atomic mass is 10.0. The van der Waals surface area contributed by atoms with Crippen molar-refractivity contribution in [2.45, 2.75) is 32.6 Å². The summed E-state index contributed by atoms with van der Waals surface area (Å²) in [5.74, 6) is 1.60. The van der Waals surface area contributed by atoms with Crippen LogP contribution in [0.4, 0.5) is 0 Å². The van der Waals surface area contributed by atoms with Crippen LogP contribution in [0.15, 0.2) is 18.2 Å². The fourth-order valence-corrected chi connectivity index (χ4v) is 1.83. The summed E-state index contributed by atoms with van der Waals surface area (Å²) in [5, 5.41) is 0. The molecule has 1 aromatic carbocycles. The second-order valence-electron chi connectivity index (χ2n) is 4.51. The summed E-state index contributed by atoms with van der Waals surface area (Å²) in [6, 6.07) is 6.44. The molecule has 0 unspecified atom stereocenters. The molecule has 0 saturated carbocycles. The Morgan fingerprint density at radius 3 is 2.88 bits per heavy atom. The third-order valence-corrected chi connectivity index (χ3v) is 2.84. The number of fused-ring (bicyclic) bond motifs is 1. The number of aromatic nitrogens is 2. The fraction of sp³-hybridized carbons (Fsp3) is 0.462. The summed E-state index contributed by atoms with van der Waals surface area (Å²) in [6.07, 6.45) is 1.92. The Labute approximate surface area is 96.1 Å². The number of benzene rings is 1. The van der Waals surface area contributed by atoms with Gasteiger partial charge in [0.1, 0.15) is 5.82 Å². The standard InChI is InChI=1S/C13H19N3/c1-9(2)10-5-6-11-12(8-10)16-13(15-11)4-3-7-14/h5-6,8-9H,3-4,7,14H2,1-2H3,(H,15,16). The average molecular weight is 217 g/mol. The quantitative estimate of drug-likeness (QED) is 0.827. The predicted octanol–water partition coefficient (Wildman–Crippen LogP) is 2.58. The third kappa shape index (κ3) is 2.25. The van der Waals surface area contributed by atoms with Gasteiger partial charge < -0.3 is 10.7 Å². The SMILES string of the molecule is CC(C)c1ccc2nc(CCCN)[nH]c2c1. The van der Waals surface area contributed by atoms with Crippen LogP contribution >= 0.6 is 0 Å². The second kappa shape index (κ2) is 4.66. The van der Waals surface area contributed by atoms with Crippen molar-refractivity contribution in [3.05, 3.63) is 29.6 Å². The van der Waals surface area contributed by atoms with Crippen molar-refractivity contribution in [3.8, 4) is 0 Å². The molecule has 0 aliphatic heterocycles. The first kappa shape index (κ1) is 11.1. The van der Waals surface area contributed by atoms with Crippen LogP contribution < -0.4 is 5.73 Å². The number of nitrogens with zero attached hydrogens (tertiary/aromatic N) is 1. The number of rotatable bonds is 4. The molecule has 2 aromatic rings. The van der Waals surface area contributed by atoms with Gasteiger partial charge in [0, 0.05) is 6.42 Å². The Balaban J connectivity index is 2.30. The molecular weight excluding hydrogens is 198 g/mol. The van der Waals surface area contributed by atoms with Gasteiger partial charge in [-0.15, -0.1) is 0 Å². The average Bonchev–Trinajstić information content (AvgIpc) is 2.67. The molecule has 0 saturated heterocycles. The maximum absolute atomic E-state index is 5.49. The topological polar surface area (TPSA) is 54.7 Å². The molecule has 0 aliphatic carbocycles. The van der Waals surface area contributed by atoms with Gasteiger partial charge in [-0.2, -0.15) is 0 Å². The van der Waals surface area contributed by atoms with Crippen LogP contribution in [0.3, 0.4) is 0 Å². The number of H-pyrrole nitrogens is 1. The summed E-state index contributed by atoms with van der Waals surface area (Å²) >= 11 is 0. The minimum Gasteiger partial charge on any atom is -0.342 e. The van der Waals surface area contributed by atoms with Crippen molar-refractivity contribution < 1.29 is 0 Å². The van der Waals surface area contributed by atoms with Crippen LogP contribution in [0.25, 0.3) is 11.0 Å². The largest absolute Gasteiger partial charge is 0.342 e. The molecule has 16 heavy (non-hydrogen) atoms. The van der Waals surface area contributed by atoms with Crippen molar-refractivity contribution in [1.82, 2.24) is 9.97 Å². The molecule has 1 aromatic heterocycles. The Morgan fingerprint density at radius 2 is 2.19 bits per heavy atom. The van der Waals surface area contributed by atoms with Crippen LogP contribution in [0.2, 0.25) is 0 Å². The number of nitrogens with two attached hydrogens (primary N) is 1. The van der Waals surface area contributed by atoms with E-state index in [-0.39, 0.29) is 0 Å². The molecule has 0 amide bonds. The van der Waals surface area contributed by atoms with Crippen molar-refractivity contribution in [1.29, 1.82) is 0 Å².